The van der Waals surface area contributed by atoms with E-state index in [1.54, 1.807) is 0 Å². The quantitative estimate of drug-likeness (QED) is 0.474. The first kappa shape index (κ1) is 22.0. The van der Waals surface area contributed by atoms with Crippen LogP contribution in [-0.4, -0.2) is 36.1 Å². The lowest BCUT2D eigenvalue weighted by molar-refractivity contribution is -0.135. The molecule has 0 aromatic heterocycles. The molecule has 1 N–H and O–H groups in total. The van der Waals surface area contributed by atoms with E-state index in [1.165, 1.54) is 4.90 Å². The highest BCUT2D eigenvalue weighted by Gasteiger charge is 2.40. The molecule has 30 heavy (non-hydrogen) atoms. The molecule has 1 fully saturated rings. The van der Waals surface area contributed by atoms with Crippen LogP contribution in [-0.2, 0) is 27.4 Å². The van der Waals surface area contributed by atoms with Gasteiger partial charge in [0, 0.05) is 6.54 Å². The molecule has 2 amide bonds. The van der Waals surface area contributed by atoms with Crippen molar-refractivity contribution < 1.29 is 19.2 Å². The summed E-state index contributed by atoms with van der Waals surface area (Å²) in [6.07, 6.45) is 0.687. The number of rotatable bonds is 10. The number of carbonyl (C=O) groups excluding carboxylic acids is 2. The van der Waals surface area contributed by atoms with Crippen LogP contribution in [0.1, 0.15) is 31.4 Å². The Morgan fingerprint density at radius 3 is 2.37 bits per heavy atom. The molecule has 6 nitrogen and oxygen atoms in total. The van der Waals surface area contributed by atoms with Gasteiger partial charge in [-0.2, -0.15) is 0 Å². The summed E-state index contributed by atoms with van der Waals surface area (Å²) in [5.41, 5.74) is 5.04. The number of ether oxygens (including phenoxy) is 1. The van der Waals surface area contributed by atoms with Crippen LogP contribution < -0.4 is 5.48 Å². The average molecular weight is 411 g/mol. The Kier molecular flexibility index (Phi) is 7.99. The summed E-state index contributed by atoms with van der Waals surface area (Å²) in [5.74, 6) is -0.270. The maximum Gasteiger partial charge on any atom is 0.416 e. The van der Waals surface area contributed by atoms with E-state index in [-0.39, 0.29) is 24.5 Å². The summed E-state index contributed by atoms with van der Waals surface area (Å²) in [7, 11) is 0. The van der Waals surface area contributed by atoms with Crippen LogP contribution in [0.15, 0.2) is 60.7 Å². The van der Waals surface area contributed by atoms with E-state index in [9.17, 15) is 9.59 Å². The van der Waals surface area contributed by atoms with Gasteiger partial charge in [-0.05, 0) is 29.9 Å². The molecule has 2 atom stereocenters. The molecule has 2 aromatic rings. The van der Waals surface area contributed by atoms with Gasteiger partial charge in [-0.3, -0.25) is 9.63 Å². The van der Waals surface area contributed by atoms with Crippen LogP contribution in [0.2, 0.25) is 0 Å². The summed E-state index contributed by atoms with van der Waals surface area (Å²) in [6.45, 7) is 5.10. The van der Waals surface area contributed by atoms with E-state index < -0.39 is 6.09 Å². The minimum absolute atomic E-state index is 0.206. The Morgan fingerprint density at radius 1 is 1.10 bits per heavy atom. The number of carbonyl (C=O) groups is 2. The van der Waals surface area contributed by atoms with Gasteiger partial charge >= 0.3 is 6.09 Å². The van der Waals surface area contributed by atoms with Crippen molar-refractivity contribution in [2.24, 2.45) is 11.8 Å². The molecule has 1 saturated heterocycles. The fourth-order valence-corrected chi connectivity index (χ4v) is 3.67. The SMILES string of the molecule is CC(C)CC(CNOCc1ccccc1)C(=O)N1C(=O)OCC1Cc1ccccc1. The Labute approximate surface area is 178 Å². The number of nitrogens with one attached hydrogen (secondary N) is 1. The third kappa shape index (κ3) is 6.15. The van der Waals surface area contributed by atoms with E-state index in [4.69, 9.17) is 9.57 Å². The maximum absolute atomic E-state index is 13.3. The second kappa shape index (κ2) is 10.9. The van der Waals surface area contributed by atoms with Gasteiger partial charge in [0.2, 0.25) is 5.91 Å². The number of cyclic esters (lactones) is 1. The number of nitrogens with zero attached hydrogens (tertiary/aromatic N) is 1. The summed E-state index contributed by atoms with van der Waals surface area (Å²) in [5, 5.41) is 0. The molecule has 160 valence electrons. The highest BCUT2D eigenvalue weighted by molar-refractivity contribution is 5.95. The lowest BCUT2D eigenvalue weighted by atomic mass is 9.95. The van der Waals surface area contributed by atoms with Gasteiger partial charge in [0.25, 0.3) is 0 Å². The normalized spacial score (nSPS) is 17.2. The minimum atomic E-state index is -0.556. The zero-order valence-electron chi connectivity index (χ0n) is 17.6. The zero-order chi connectivity index (χ0) is 21.3. The topological polar surface area (TPSA) is 67.9 Å². The number of benzene rings is 2. The first-order chi connectivity index (χ1) is 14.5. The summed E-state index contributed by atoms with van der Waals surface area (Å²) >= 11 is 0. The van der Waals surface area contributed by atoms with Gasteiger partial charge in [-0.25, -0.2) is 15.2 Å². The molecule has 0 aliphatic carbocycles. The van der Waals surface area contributed by atoms with Crippen molar-refractivity contribution in [3.63, 3.8) is 0 Å². The number of hydrogen-bond donors (Lipinski definition) is 1. The van der Waals surface area contributed by atoms with Gasteiger partial charge in [0.05, 0.1) is 18.6 Å². The molecule has 2 aromatic carbocycles. The minimum Gasteiger partial charge on any atom is -0.447 e. The van der Waals surface area contributed by atoms with Crippen LogP contribution in [0.25, 0.3) is 0 Å². The van der Waals surface area contributed by atoms with Crippen molar-refractivity contribution in [2.45, 2.75) is 39.3 Å². The monoisotopic (exact) mass is 410 g/mol. The Bertz CT molecular complexity index is 810. The van der Waals surface area contributed by atoms with Crippen LogP contribution in [0.5, 0.6) is 0 Å². The van der Waals surface area contributed by atoms with Crippen LogP contribution >= 0.6 is 0 Å². The fraction of sp³-hybridized carbons (Fsp3) is 0.417. The highest BCUT2D eigenvalue weighted by atomic mass is 16.6. The molecule has 1 aliphatic rings. The van der Waals surface area contributed by atoms with Gasteiger partial charge in [0.15, 0.2) is 0 Å². The van der Waals surface area contributed by atoms with Crippen molar-refractivity contribution in [3.8, 4) is 0 Å². The van der Waals surface area contributed by atoms with E-state index >= 15 is 0 Å². The van der Waals surface area contributed by atoms with Crippen molar-refractivity contribution in [2.75, 3.05) is 13.2 Å². The Hall–Kier alpha value is -2.70. The second-order valence-corrected chi connectivity index (χ2v) is 8.08. The molecule has 0 spiro atoms. The van der Waals surface area contributed by atoms with Gasteiger partial charge < -0.3 is 4.74 Å². The van der Waals surface area contributed by atoms with E-state index in [0.717, 1.165) is 11.1 Å². The molecule has 2 unspecified atom stereocenters. The predicted octanol–water partition coefficient (Wildman–Crippen LogP) is 3.96. The van der Waals surface area contributed by atoms with Gasteiger partial charge in [0.1, 0.15) is 6.61 Å². The highest BCUT2D eigenvalue weighted by Crippen LogP contribution is 2.23. The molecule has 6 heteroatoms. The number of hydroxylamine groups is 1. The molecule has 0 saturated carbocycles. The maximum atomic E-state index is 13.3. The fourth-order valence-electron chi connectivity index (χ4n) is 3.67. The van der Waals surface area contributed by atoms with Crippen LogP contribution in [0, 0.1) is 11.8 Å². The lowest BCUT2D eigenvalue weighted by Gasteiger charge is -2.26. The molecule has 0 radical (unpaired) electrons. The molecule has 3 rings (SSSR count). The first-order valence-electron chi connectivity index (χ1n) is 10.5. The molecular weight excluding hydrogens is 380 g/mol. The third-order valence-corrected chi connectivity index (χ3v) is 5.13. The van der Waals surface area contributed by atoms with Crippen LogP contribution in [0.3, 0.4) is 0 Å². The molecule has 1 aliphatic heterocycles. The smallest absolute Gasteiger partial charge is 0.416 e. The van der Waals surface area contributed by atoms with Crippen molar-refractivity contribution >= 4 is 12.0 Å². The molecular formula is C24H30N2O4. The first-order valence-corrected chi connectivity index (χ1v) is 10.5. The Balaban J connectivity index is 1.61. The average Bonchev–Trinajstić information content (AvgIpc) is 3.11. The van der Waals surface area contributed by atoms with E-state index in [0.29, 0.717) is 31.9 Å². The molecule has 1 heterocycles. The van der Waals surface area contributed by atoms with Gasteiger partial charge in [-0.1, -0.05) is 74.5 Å². The number of amides is 2. The summed E-state index contributed by atoms with van der Waals surface area (Å²) in [4.78, 5) is 32.5. The van der Waals surface area contributed by atoms with Crippen molar-refractivity contribution in [1.82, 2.24) is 10.4 Å². The largest absolute Gasteiger partial charge is 0.447 e. The zero-order valence-corrected chi connectivity index (χ0v) is 17.6. The predicted molar refractivity (Wildman–Crippen MR) is 114 cm³/mol. The third-order valence-electron chi connectivity index (χ3n) is 5.13. The number of hydrogen-bond acceptors (Lipinski definition) is 5. The molecule has 0 bridgehead atoms. The second-order valence-electron chi connectivity index (χ2n) is 8.08. The Morgan fingerprint density at radius 2 is 1.73 bits per heavy atom. The van der Waals surface area contributed by atoms with E-state index in [1.807, 2.05) is 60.7 Å². The van der Waals surface area contributed by atoms with E-state index in [2.05, 4.69) is 19.3 Å². The van der Waals surface area contributed by atoms with Crippen molar-refractivity contribution in [3.05, 3.63) is 71.8 Å². The van der Waals surface area contributed by atoms with Crippen LogP contribution in [0.4, 0.5) is 4.79 Å². The lowest BCUT2D eigenvalue weighted by Crippen LogP contribution is -2.46. The van der Waals surface area contributed by atoms with Gasteiger partial charge in [-0.15, -0.1) is 0 Å². The summed E-state index contributed by atoms with van der Waals surface area (Å²) in [6, 6.07) is 19.4. The number of imide groups is 1. The summed E-state index contributed by atoms with van der Waals surface area (Å²) < 4.78 is 5.22. The van der Waals surface area contributed by atoms with Crippen molar-refractivity contribution in [1.29, 1.82) is 0 Å². The standard InChI is InChI=1S/C24H30N2O4/c1-18(2)13-21(15-25-30-16-20-11-7-4-8-12-20)23(27)26-22(17-29-24(26)28)14-19-9-5-3-6-10-19/h3-12,18,21-22,25H,13-17H2,1-2H3.